The highest BCUT2D eigenvalue weighted by Crippen LogP contribution is 2.30. The Bertz CT molecular complexity index is 541. The highest BCUT2D eigenvalue weighted by Gasteiger charge is 2.30. The number of hydrogen-bond donors (Lipinski definition) is 1. The number of ether oxygens (including phenoxy) is 2. The van der Waals surface area contributed by atoms with Crippen molar-refractivity contribution in [2.45, 2.75) is 31.5 Å². The normalized spacial score (nSPS) is 16.1. The maximum absolute atomic E-state index is 12.5. The van der Waals surface area contributed by atoms with E-state index in [1.807, 2.05) is 0 Å². The molecule has 5 nitrogen and oxygen atoms in total. The van der Waals surface area contributed by atoms with Gasteiger partial charge in [0.05, 0.1) is 11.7 Å². The van der Waals surface area contributed by atoms with E-state index in [1.54, 1.807) is 4.90 Å². The van der Waals surface area contributed by atoms with Gasteiger partial charge in [0, 0.05) is 19.7 Å². The molecule has 0 aromatic heterocycles. The van der Waals surface area contributed by atoms with Crippen LogP contribution >= 0.6 is 0 Å². The van der Waals surface area contributed by atoms with Crippen molar-refractivity contribution in [3.63, 3.8) is 0 Å². The van der Waals surface area contributed by atoms with E-state index in [0.29, 0.717) is 26.2 Å². The van der Waals surface area contributed by atoms with Gasteiger partial charge in [-0.2, -0.15) is 13.2 Å². The summed E-state index contributed by atoms with van der Waals surface area (Å²) in [7, 11) is 0. The summed E-state index contributed by atoms with van der Waals surface area (Å²) in [6.45, 7) is 2.21. The largest absolute Gasteiger partial charge is 0.484 e. The van der Waals surface area contributed by atoms with E-state index in [9.17, 15) is 18.0 Å². The van der Waals surface area contributed by atoms with Gasteiger partial charge in [0.15, 0.2) is 6.61 Å². The van der Waals surface area contributed by atoms with E-state index in [-0.39, 0.29) is 24.4 Å². The lowest BCUT2D eigenvalue weighted by molar-refractivity contribution is -0.138. The average molecular weight is 360 g/mol. The molecule has 1 aromatic rings. The van der Waals surface area contributed by atoms with Crippen LogP contribution in [0.25, 0.3) is 0 Å². The molecular formula is C17H23F3N2O3. The number of nitrogens with zero attached hydrogens (tertiary/aromatic N) is 1. The van der Waals surface area contributed by atoms with Crippen molar-refractivity contribution in [1.29, 1.82) is 0 Å². The van der Waals surface area contributed by atoms with Gasteiger partial charge in [-0.1, -0.05) is 0 Å². The monoisotopic (exact) mass is 360 g/mol. The van der Waals surface area contributed by atoms with Crippen LogP contribution in [0.4, 0.5) is 13.2 Å². The summed E-state index contributed by atoms with van der Waals surface area (Å²) in [6.07, 6.45) is -1.90. The first-order valence-electron chi connectivity index (χ1n) is 8.29. The van der Waals surface area contributed by atoms with Crippen LogP contribution in [0.3, 0.4) is 0 Å². The summed E-state index contributed by atoms with van der Waals surface area (Å²) in [4.78, 5) is 13.8. The van der Waals surface area contributed by atoms with E-state index in [2.05, 4.69) is 0 Å². The molecule has 1 amide bonds. The topological polar surface area (TPSA) is 64.8 Å². The Morgan fingerprint density at radius 1 is 1.20 bits per heavy atom. The molecule has 8 heteroatoms. The number of piperidine rings is 1. The molecule has 1 aliphatic heterocycles. The third-order valence-electron chi connectivity index (χ3n) is 4.04. The van der Waals surface area contributed by atoms with Gasteiger partial charge in [0.25, 0.3) is 5.91 Å². The lowest BCUT2D eigenvalue weighted by Gasteiger charge is -2.31. The molecule has 0 atom stereocenters. The fraction of sp³-hybridized carbons (Fsp3) is 0.588. The van der Waals surface area contributed by atoms with E-state index in [1.165, 1.54) is 12.1 Å². The second kappa shape index (κ2) is 9.05. The van der Waals surface area contributed by atoms with Crippen molar-refractivity contribution >= 4 is 5.91 Å². The lowest BCUT2D eigenvalue weighted by Crippen LogP contribution is -2.43. The number of alkyl halides is 3. The fourth-order valence-electron chi connectivity index (χ4n) is 2.58. The molecule has 25 heavy (non-hydrogen) atoms. The van der Waals surface area contributed by atoms with Gasteiger partial charge >= 0.3 is 6.18 Å². The molecule has 140 valence electrons. The molecule has 0 saturated carbocycles. The van der Waals surface area contributed by atoms with Crippen LogP contribution in [0, 0.1) is 0 Å². The number of rotatable bonds is 7. The van der Waals surface area contributed by atoms with Crippen molar-refractivity contribution in [3.05, 3.63) is 29.8 Å². The molecule has 2 rings (SSSR count). The third-order valence-corrected chi connectivity index (χ3v) is 4.04. The minimum atomic E-state index is -4.38. The Kier molecular flexibility index (Phi) is 7.07. The minimum absolute atomic E-state index is 0.145. The van der Waals surface area contributed by atoms with E-state index in [4.69, 9.17) is 15.2 Å². The molecule has 1 fully saturated rings. The zero-order valence-corrected chi connectivity index (χ0v) is 13.9. The quantitative estimate of drug-likeness (QED) is 0.759. The molecule has 0 bridgehead atoms. The third kappa shape index (κ3) is 6.21. The average Bonchev–Trinajstić information content (AvgIpc) is 2.60. The molecule has 2 N–H and O–H groups in total. The zero-order chi connectivity index (χ0) is 18.3. The van der Waals surface area contributed by atoms with Crippen molar-refractivity contribution in [2.75, 3.05) is 32.8 Å². The maximum Gasteiger partial charge on any atom is 0.416 e. The smallest absolute Gasteiger partial charge is 0.416 e. The maximum atomic E-state index is 12.5. The number of benzene rings is 1. The highest BCUT2D eigenvalue weighted by molar-refractivity contribution is 5.77. The van der Waals surface area contributed by atoms with Crippen molar-refractivity contribution < 1.29 is 27.4 Å². The Labute approximate surface area is 144 Å². The van der Waals surface area contributed by atoms with Gasteiger partial charge in [-0.25, -0.2) is 0 Å². The summed E-state index contributed by atoms with van der Waals surface area (Å²) < 4.78 is 48.4. The van der Waals surface area contributed by atoms with Gasteiger partial charge < -0.3 is 20.1 Å². The molecule has 1 aromatic carbocycles. The molecule has 0 spiro atoms. The van der Waals surface area contributed by atoms with Crippen LogP contribution in [-0.2, 0) is 15.7 Å². The SMILES string of the molecule is NCCCOC1CCN(C(=O)COc2ccc(C(F)(F)F)cc2)CC1. The van der Waals surface area contributed by atoms with Crippen LogP contribution in [0.2, 0.25) is 0 Å². The summed E-state index contributed by atoms with van der Waals surface area (Å²) in [5.74, 6) is 0.0571. The summed E-state index contributed by atoms with van der Waals surface area (Å²) in [6, 6.07) is 4.30. The first kappa shape index (κ1) is 19.5. The molecule has 1 aliphatic rings. The van der Waals surface area contributed by atoms with E-state index >= 15 is 0 Å². The minimum Gasteiger partial charge on any atom is -0.484 e. The predicted octanol–water partition coefficient (Wildman–Crippen LogP) is 2.44. The van der Waals surface area contributed by atoms with Crippen LogP contribution in [-0.4, -0.2) is 49.8 Å². The fourth-order valence-corrected chi connectivity index (χ4v) is 2.58. The molecule has 1 heterocycles. The van der Waals surface area contributed by atoms with Crippen LogP contribution < -0.4 is 10.5 Å². The lowest BCUT2D eigenvalue weighted by atomic mass is 10.1. The van der Waals surface area contributed by atoms with Crippen LogP contribution in [0.15, 0.2) is 24.3 Å². The second-order valence-electron chi connectivity index (χ2n) is 5.90. The number of nitrogens with two attached hydrogens (primary N) is 1. The number of likely N-dealkylation sites (tertiary alicyclic amines) is 1. The molecule has 0 radical (unpaired) electrons. The Balaban J connectivity index is 1.72. The van der Waals surface area contributed by atoms with Crippen molar-refractivity contribution in [3.8, 4) is 5.75 Å². The summed E-state index contributed by atoms with van der Waals surface area (Å²) >= 11 is 0. The predicted molar refractivity (Wildman–Crippen MR) is 86.2 cm³/mol. The Morgan fingerprint density at radius 3 is 2.40 bits per heavy atom. The number of amides is 1. The molecule has 1 saturated heterocycles. The first-order chi connectivity index (χ1) is 11.9. The number of hydrogen-bond acceptors (Lipinski definition) is 4. The van der Waals surface area contributed by atoms with Gasteiger partial charge in [-0.3, -0.25) is 4.79 Å². The molecular weight excluding hydrogens is 337 g/mol. The van der Waals surface area contributed by atoms with E-state index < -0.39 is 11.7 Å². The van der Waals surface area contributed by atoms with Gasteiger partial charge in [0.1, 0.15) is 5.75 Å². The van der Waals surface area contributed by atoms with Crippen LogP contribution in [0.5, 0.6) is 5.75 Å². The zero-order valence-electron chi connectivity index (χ0n) is 13.9. The highest BCUT2D eigenvalue weighted by atomic mass is 19.4. The molecule has 0 aliphatic carbocycles. The Morgan fingerprint density at radius 2 is 1.84 bits per heavy atom. The number of carbonyl (C=O) groups is 1. The number of halogens is 3. The summed E-state index contributed by atoms with van der Waals surface area (Å²) in [5, 5.41) is 0. The molecule has 0 unspecified atom stereocenters. The van der Waals surface area contributed by atoms with Crippen LogP contribution in [0.1, 0.15) is 24.8 Å². The standard InChI is InChI=1S/C17H23F3N2O3/c18-17(19,20)13-2-4-14(5-3-13)25-12-16(23)22-9-6-15(7-10-22)24-11-1-8-21/h2-5,15H,1,6-12,21H2. The van der Waals surface area contributed by atoms with Crippen molar-refractivity contribution in [1.82, 2.24) is 4.90 Å². The summed E-state index contributed by atoms with van der Waals surface area (Å²) in [5.41, 5.74) is 4.67. The number of carbonyl (C=O) groups excluding carboxylic acids is 1. The first-order valence-corrected chi connectivity index (χ1v) is 8.29. The van der Waals surface area contributed by atoms with Gasteiger partial charge in [-0.15, -0.1) is 0 Å². The Hall–Kier alpha value is -1.80. The van der Waals surface area contributed by atoms with Crippen molar-refractivity contribution in [2.24, 2.45) is 5.73 Å². The van der Waals surface area contributed by atoms with E-state index in [0.717, 1.165) is 31.4 Å². The van der Waals surface area contributed by atoms with Gasteiger partial charge in [-0.05, 0) is 50.1 Å². The van der Waals surface area contributed by atoms with Gasteiger partial charge in [0.2, 0.25) is 0 Å². The second-order valence-corrected chi connectivity index (χ2v) is 5.90.